The highest BCUT2D eigenvalue weighted by Gasteiger charge is 2.07. The molecule has 1 heterocycles. The first-order valence-electron chi connectivity index (χ1n) is 6.24. The largest absolute Gasteiger partial charge is 0.319 e. The summed E-state index contributed by atoms with van der Waals surface area (Å²) in [5.74, 6) is 3.09. The fourth-order valence-electron chi connectivity index (χ4n) is 1.79. The molecule has 0 aliphatic carbocycles. The van der Waals surface area contributed by atoms with E-state index in [1.165, 1.54) is 17.7 Å². The summed E-state index contributed by atoms with van der Waals surface area (Å²) >= 11 is 1.91. The molecule has 1 N–H and O–H groups in total. The number of rotatable bonds is 7. The van der Waals surface area contributed by atoms with Crippen LogP contribution >= 0.6 is 11.8 Å². The van der Waals surface area contributed by atoms with E-state index in [-0.39, 0.29) is 0 Å². The van der Waals surface area contributed by atoms with Gasteiger partial charge in [0.05, 0.1) is 5.75 Å². The van der Waals surface area contributed by atoms with Crippen molar-refractivity contribution in [2.75, 3.05) is 19.3 Å². The van der Waals surface area contributed by atoms with Crippen molar-refractivity contribution in [1.29, 1.82) is 0 Å². The van der Waals surface area contributed by atoms with Crippen LogP contribution in [0.3, 0.4) is 0 Å². The molecule has 0 aliphatic heterocycles. The highest BCUT2D eigenvalue weighted by molar-refractivity contribution is 7.98. The summed E-state index contributed by atoms with van der Waals surface area (Å²) in [7, 11) is 1.97. The van der Waals surface area contributed by atoms with Crippen LogP contribution in [-0.2, 0) is 12.2 Å². The molecule has 0 fully saturated rings. The summed E-state index contributed by atoms with van der Waals surface area (Å²) in [4.78, 5) is 9.20. The predicted octanol–water partition coefficient (Wildman–Crippen LogP) is 2.50. The quantitative estimate of drug-likeness (QED) is 0.758. The number of aromatic nitrogens is 2. The Bertz CT molecular complexity index is 330. The molecule has 0 saturated carbocycles. The summed E-state index contributed by atoms with van der Waals surface area (Å²) in [6.45, 7) is 7.36. The van der Waals surface area contributed by atoms with Gasteiger partial charge < -0.3 is 5.32 Å². The smallest absolute Gasteiger partial charge is 0.138 e. The van der Waals surface area contributed by atoms with Crippen LogP contribution in [-0.4, -0.2) is 29.3 Å². The second-order valence-corrected chi connectivity index (χ2v) is 5.30. The van der Waals surface area contributed by atoms with E-state index in [9.17, 15) is 0 Å². The van der Waals surface area contributed by atoms with Crippen molar-refractivity contribution in [3.05, 3.63) is 22.8 Å². The van der Waals surface area contributed by atoms with Crippen molar-refractivity contribution in [2.45, 2.75) is 39.4 Å². The molecule has 17 heavy (non-hydrogen) atoms. The lowest BCUT2D eigenvalue weighted by atomic mass is 10.1. The zero-order valence-corrected chi connectivity index (χ0v) is 12.2. The minimum Gasteiger partial charge on any atom is -0.319 e. The first kappa shape index (κ1) is 14.5. The van der Waals surface area contributed by atoms with Crippen molar-refractivity contribution >= 4 is 11.8 Å². The first-order chi connectivity index (χ1) is 8.19. The van der Waals surface area contributed by atoms with Crippen molar-refractivity contribution < 1.29 is 0 Å². The lowest BCUT2D eigenvalue weighted by molar-refractivity contribution is 0.769. The molecule has 1 rings (SSSR count). The molecule has 0 saturated heterocycles. The average Bonchev–Trinajstić information content (AvgIpc) is 2.28. The van der Waals surface area contributed by atoms with Crippen LogP contribution in [0.4, 0.5) is 0 Å². The molecular weight excluding hydrogens is 230 g/mol. The predicted molar refractivity (Wildman–Crippen MR) is 75.6 cm³/mol. The van der Waals surface area contributed by atoms with Gasteiger partial charge in [0.2, 0.25) is 0 Å². The highest BCUT2D eigenvalue weighted by atomic mass is 32.2. The van der Waals surface area contributed by atoms with Crippen LogP contribution in [0.2, 0.25) is 0 Å². The van der Waals surface area contributed by atoms with Gasteiger partial charge in [0, 0.05) is 11.4 Å². The molecule has 0 amide bonds. The Labute approximate surface area is 109 Å². The van der Waals surface area contributed by atoms with E-state index in [1.54, 1.807) is 0 Å². The number of aryl methyl sites for hydroxylation is 2. The van der Waals surface area contributed by atoms with E-state index in [1.807, 2.05) is 18.8 Å². The molecule has 4 heteroatoms. The van der Waals surface area contributed by atoms with Gasteiger partial charge in [-0.25, -0.2) is 9.97 Å². The molecule has 0 aromatic carbocycles. The second-order valence-electron chi connectivity index (χ2n) is 4.20. The Kier molecular flexibility index (Phi) is 6.52. The molecule has 0 aliphatic rings. The normalized spacial score (nSPS) is 10.8. The number of hydrogen-bond donors (Lipinski definition) is 1. The summed E-state index contributed by atoms with van der Waals surface area (Å²) in [5, 5.41) is 3.17. The maximum atomic E-state index is 4.60. The van der Waals surface area contributed by atoms with E-state index in [0.29, 0.717) is 0 Å². The Balaban J connectivity index is 2.71. The summed E-state index contributed by atoms with van der Waals surface area (Å²) < 4.78 is 0. The minimum absolute atomic E-state index is 0.932. The lowest BCUT2D eigenvalue weighted by Gasteiger charge is -2.10. The third-order valence-electron chi connectivity index (χ3n) is 2.67. The average molecular weight is 253 g/mol. The Morgan fingerprint density at radius 3 is 2.35 bits per heavy atom. The summed E-state index contributed by atoms with van der Waals surface area (Å²) in [6.07, 6.45) is 2.22. The van der Waals surface area contributed by atoms with Gasteiger partial charge in [-0.05, 0) is 51.6 Å². The highest BCUT2D eigenvalue weighted by Crippen LogP contribution is 2.15. The number of thioether (sulfide) groups is 1. The Morgan fingerprint density at radius 1 is 1.18 bits per heavy atom. The fourth-order valence-corrected chi connectivity index (χ4v) is 2.54. The van der Waals surface area contributed by atoms with Gasteiger partial charge in [-0.1, -0.05) is 6.92 Å². The topological polar surface area (TPSA) is 37.8 Å². The van der Waals surface area contributed by atoms with Crippen LogP contribution in [0, 0.1) is 13.8 Å². The van der Waals surface area contributed by atoms with Crippen LogP contribution < -0.4 is 5.32 Å². The van der Waals surface area contributed by atoms with E-state index in [4.69, 9.17) is 0 Å². The lowest BCUT2D eigenvalue weighted by Crippen LogP contribution is -2.14. The molecule has 96 valence electrons. The molecule has 1 aromatic rings. The zero-order chi connectivity index (χ0) is 12.7. The summed E-state index contributed by atoms with van der Waals surface area (Å²) in [5.41, 5.74) is 3.57. The Hall–Kier alpha value is -0.610. The number of nitrogens with zero attached hydrogens (tertiary/aromatic N) is 2. The molecule has 0 atom stereocenters. The van der Waals surface area contributed by atoms with Crippen molar-refractivity contribution in [3.63, 3.8) is 0 Å². The Morgan fingerprint density at radius 2 is 1.82 bits per heavy atom. The maximum absolute atomic E-state index is 4.60. The third kappa shape index (κ3) is 4.64. The van der Waals surface area contributed by atoms with Gasteiger partial charge >= 0.3 is 0 Å². The maximum Gasteiger partial charge on any atom is 0.138 e. The zero-order valence-electron chi connectivity index (χ0n) is 11.3. The number of likely N-dealkylation sites (N-methyl/N-ethyl adjacent to an activating group) is 1. The standard InChI is InChI=1S/C13H23N3S/c1-5-8-17-9-13-15-10(2)12(6-7-14-4)11(3)16-13/h14H,5-9H2,1-4H3. The molecular formula is C13H23N3S. The number of nitrogens with one attached hydrogen (secondary N) is 1. The number of hydrogen-bond acceptors (Lipinski definition) is 4. The third-order valence-corrected chi connectivity index (χ3v) is 3.83. The van der Waals surface area contributed by atoms with E-state index in [2.05, 4.69) is 36.1 Å². The molecule has 0 spiro atoms. The SMILES string of the molecule is CCCSCc1nc(C)c(CCNC)c(C)n1. The van der Waals surface area contributed by atoms with Crippen molar-refractivity contribution in [1.82, 2.24) is 15.3 Å². The molecule has 0 unspecified atom stereocenters. The fraction of sp³-hybridized carbons (Fsp3) is 0.692. The van der Waals surface area contributed by atoms with Crippen LogP contribution in [0.15, 0.2) is 0 Å². The van der Waals surface area contributed by atoms with Gasteiger partial charge in [-0.2, -0.15) is 11.8 Å². The molecule has 1 aromatic heterocycles. The summed E-state index contributed by atoms with van der Waals surface area (Å²) in [6, 6.07) is 0. The second kappa shape index (κ2) is 7.67. The van der Waals surface area contributed by atoms with Crippen molar-refractivity contribution in [3.8, 4) is 0 Å². The molecule has 0 bridgehead atoms. The minimum atomic E-state index is 0.932. The van der Waals surface area contributed by atoms with Crippen LogP contribution in [0.25, 0.3) is 0 Å². The van der Waals surface area contributed by atoms with Crippen LogP contribution in [0.5, 0.6) is 0 Å². The van der Waals surface area contributed by atoms with Gasteiger partial charge in [-0.3, -0.25) is 0 Å². The van der Waals surface area contributed by atoms with Crippen LogP contribution in [0.1, 0.15) is 36.1 Å². The van der Waals surface area contributed by atoms with Gasteiger partial charge in [0.25, 0.3) is 0 Å². The van der Waals surface area contributed by atoms with E-state index in [0.717, 1.165) is 35.9 Å². The van der Waals surface area contributed by atoms with E-state index >= 15 is 0 Å². The first-order valence-corrected chi connectivity index (χ1v) is 7.39. The van der Waals surface area contributed by atoms with Gasteiger partial charge in [-0.15, -0.1) is 0 Å². The molecule has 0 radical (unpaired) electrons. The van der Waals surface area contributed by atoms with E-state index < -0.39 is 0 Å². The molecule has 3 nitrogen and oxygen atoms in total. The van der Waals surface area contributed by atoms with Gasteiger partial charge in [0.15, 0.2) is 0 Å². The van der Waals surface area contributed by atoms with Gasteiger partial charge in [0.1, 0.15) is 5.82 Å². The van der Waals surface area contributed by atoms with Crippen molar-refractivity contribution in [2.24, 2.45) is 0 Å². The monoisotopic (exact) mass is 253 g/mol.